The van der Waals surface area contributed by atoms with E-state index in [2.05, 4.69) is 22.8 Å². The molecule has 5 nitrogen and oxygen atoms in total. The lowest BCUT2D eigenvalue weighted by Gasteiger charge is -2.11. The minimum Gasteiger partial charge on any atom is -0.497 e. The Balaban J connectivity index is 1.67. The predicted molar refractivity (Wildman–Crippen MR) is 100 cm³/mol. The van der Waals surface area contributed by atoms with Crippen molar-refractivity contribution in [3.63, 3.8) is 0 Å². The van der Waals surface area contributed by atoms with Gasteiger partial charge in [0.05, 0.1) is 19.4 Å². The van der Waals surface area contributed by atoms with Crippen LogP contribution in [0.25, 0.3) is 0 Å². The van der Waals surface area contributed by atoms with Crippen molar-refractivity contribution in [1.82, 2.24) is 5.32 Å². The first-order valence-electron chi connectivity index (χ1n) is 8.58. The molecule has 0 spiro atoms. The fourth-order valence-electron chi connectivity index (χ4n) is 2.42. The lowest BCUT2D eigenvalue weighted by atomic mass is 10.1. The first-order valence-corrected chi connectivity index (χ1v) is 8.58. The van der Waals surface area contributed by atoms with E-state index in [1.54, 1.807) is 7.11 Å². The molecule has 1 amide bonds. The number of methoxy groups -OCH3 is 1. The lowest BCUT2D eigenvalue weighted by Crippen LogP contribution is -2.23. The van der Waals surface area contributed by atoms with Crippen molar-refractivity contribution in [1.29, 1.82) is 0 Å². The maximum Gasteiger partial charge on any atom is 0.225 e. The summed E-state index contributed by atoms with van der Waals surface area (Å²) in [7, 11) is 1.66. The van der Waals surface area contributed by atoms with Gasteiger partial charge in [-0.3, -0.25) is 4.79 Å². The second-order valence-electron chi connectivity index (χ2n) is 5.58. The first-order chi connectivity index (χ1) is 12.2. The Kier molecular flexibility index (Phi) is 7.79. The van der Waals surface area contributed by atoms with Crippen molar-refractivity contribution < 1.29 is 14.3 Å². The standard InChI is InChI=1S/C20H26N2O3/c1-3-25-19-7-5-4-6-18(19)22-20(23)13-15-21-14-12-16-8-10-17(24-2)11-9-16/h4-11,21H,3,12-15H2,1-2H3,(H,22,23). The van der Waals surface area contributed by atoms with E-state index < -0.39 is 0 Å². The molecule has 2 rings (SSSR count). The molecule has 0 bridgehead atoms. The number of amides is 1. The summed E-state index contributed by atoms with van der Waals surface area (Å²) in [5.74, 6) is 1.54. The van der Waals surface area contributed by atoms with Crippen LogP contribution in [0.3, 0.4) is 0 Å². The van der Waals surface area contributed by atoms with Crippen LogP contribution in [0, 0.1) is 0 Å². The first kappa shape index (κ1) is 18.8. The molecule has 0 atom stereocenters. The van der Waals surface area contributed by atoms with Gasteiger partial charge in [0.1, 0.15) is 11.5 Å². The zero-order chi connectivity index (χ0) is 17.9. The monoisotopic (exact) mass is 342 g/mol. The third-order valence-corrected chi connectivity index (χ3v) is 3.74. The molecule has 0 fully saturated rings. The molecule has 5 heteroatoms. The summed E-state index contributed by atoms with van der Waals surface area (Å²) in [6, 6.07) is 15.5. The average Bonchev–Trinajstić information content (AvgIpc) is 2.64. The maximum atomic E-state index is 12.1. The van der Waals surface area contributed by atoms with Crippen molar-refractivity contribution in [2.24, 2.45) is 0 Å². The SMILES string of the molecule is CCOc1ccccc1NC(=O)CCNCCc1ccc(OC)cc1. The molecule has 0 aliphatic rings. The van der Waals surface area contributed by atoms with Crippen LogP contribution in [0.15, 0.2) is 48.5 Å². The van der Waals surface area contributed by atoms with Crippen LogP contribution >= 0.6 is 0 Å². The minimum atomic E-state index is -0.0240. The lowest BCUT2D eigenvalue weighted by molar-refractivity contribution is -0.116. The second-order valence-corrected chi connectivity index (χ2v) is 5.58. The molecule has 0 heterocycles. The van der Waals surface area contributed by atoms with Gasteiger partial charge in [-0.1, -0.05) is 24.3 Å². The molecule has 25 heavy (non-hydrogen) atoms. The fourth-order valence-corrected chi connectivity index (χ4v) is 2.42. The van der Waals surface area contributed by atoms with Crippen molar-refractivity contribution in [3.8, 4) is 11.5 Å². The molecule has 0 aliphatic carbocycles. The molecule has 0 unspecified atom stereocenters. The molecule has 0 saturated carbocycles. The number of ether oxygens (including phenoxy) is 2. The Morgan fingerprint density at radius 1 is 1.04 bits per heavy atom. The zero-order valence-electron chi connectivity index (χ0n) is 14.9. The minimum absolute atomic E-state index is 0.0240. The summed E-state index contributed by atoms with van der Waals surface area (Å²) in [5, 5.41) is 6.19. The number of hydrogen-bond acceptors (Lipinski definition) is 4. The van der Waals surface area contributed by atoms with Crippen LogP contribution in [0.1, 0.15) is 18.9 Å². The number of benzene rings is 2. The van der Waals surface area contributed by atoms with Gasteiger partial charge in [-0.15, -0.1) is 0 Å². The Morgan fingerprint density at radius 2 is 1.80 bits per heavy atom. The van der Waals surface area contributed by atoms with Gasteiger partial charge in [0, 0.05) is 13.0 Å². The molecule has 0 aliphatic heterocycles. The predicted octanol–water partition coefficient (Wildman–Crippen LogP) is 3.25. The highest BCUT2D eigenvalue weighted by atomic mass is 16.5. The van der Waals surface area contributed by atoms with E-state index in [4.69, 9.17) is 9.47 Å². The normalized spacial score (nSPS) is 10.3. The number of hydrogen-bond donors (Lipinski definition) is 2. The van der Waals surface area contributed by atoms with E-state index in [1.165, 1.54) is 5.56 Å². The van der Waals surface area contributed by atoms with Gasteiger partial charge in [-0.2, -0.15) is 0 Å². The molecule has 134 valence electrons. The van der Waals surface area contributed by atoms with Crippen LogP contribution in [-0.4, -0.2) is 32.7 Å². The Morgan fingerprint density at radius 3 is 2.52 bits per heavy atom. The number of carbonyl (C=O) groups is 1. The topological polar surface area (TPSA) is 59.6 Å². The van der Waals surface area contributed by atoms with E-state index >= 15 is 0 Å². The molecule has 2 aromatic rings. The third-order valence-electron chi connectivity index (χ3n) is 3.74. The summed E-state index contributed by atoms with van der Waals surface area (Å²) >= 11 is 0. The van der Waals surface area contributed by atoms with Gasteiger partial charge >= 0.3 is 0 Å². The van der Waals surface area contributed by atoms with Crippen LogP contribution < -0.4 is 20.1 Å². The quantitative estimate of drug-likeness (QED) is 0.651. The van der Waals surface area contributed by atoms with Gasteiger partial charge in [0.25, 0.3) is 0 Å². The molecule has 0 saturated heterocycles. The van der Waals surface area contributed by atoms with Crippen molar-refractivity contribution in [3.05, 3.63) is 54.1 Å². The highest BCUT2D eigenvalue weighted by Crippen LogP contribution is 2.23. The summed E-state index contributed by atoms with van der Waals surface area (Å²) in [6.07, 6.45) is 1.34. The number of para-hydroxylation sites is 2. The molecular weight excluding hydrogens is 316 g/mol. The summed E-state index contributed by atoms with van der Waals surface area (Å²) in [5.41, 5.74) is 1.95. The third kappa shape index (κ3) is 6.47. The van der Waals surface area contributed by atoms with Gasteiger partial charge in [-0.25, -0.2) is 0 Å². The van der Waals surface area contributed by atoms with E-state index in [1.807, 2.05) is 43.3 Å². The number of carbonyl (C=O) groups excluding carboxylic acids is 1. The smallest absolute Gasteiger partial charge is 0.225 e. The van der Waals surface area contributed by atoms with Gasteiger partial charge < -0.3 is 20.1 Å². The largest absolute Gasteiger partial charge is 0.497 e. The highest BCUT2D eigenvalue weighted by Gasteiger charge is 2.06. The fraction of sp³-hybridized carbons (Fsp3) is 0.350. The average molecular weight is 342 g/mol. The van der Waals surface area contributed by atoms with Gasteiger partial charge in [0.15, 0.2) is 0 Å². The Labute approximate surface area is 149 Å². The van der Waals surface area contributed by atoms with E-state index in [0.717, 1.165) is 18.7 Å². The van der Waals surface area contributed by atoms with Crippen molar-refractivity contribution >= 4 is 11.6 Å². The van der Waals surface area contributed by atoms with Gasteiger partial charge in [-0.05, 0) is 49.7 Å². The summed E-state index contributed by atoms with van der Waals surface area (Å²) < 4.78 is 10.6. The second kappa shape index (κ2) is 10.4. The molecule has 2 N–H and O–H groups in total. The van der Waals surface area contributed by atoms with Crippen LogP contribution in [0.5, 0.6) is 11.5 Å². The van der Waals surface area contributed by atoms with Crippen molar-refractivity contribution in [2.45, 2.75) is 19.8 Å². The number of anilines is 1. The summed E-state index contributed by atoms with van der Waals surface area (Å²) in [4.78, 5) is 12.1. The van der Waals surface area contributed by atoms with Crippen LogP contribution in [-0.2, 0) is 11.2 Å². The van der Waals surface area contributed by atoms with Crippen LogP contribution in [0.2, 0.25) is 0 Å². The molecule has 0 aromatic heterocycles. The van der Waals surface area contributed by atoms with Crippen LogP contribution in [0.4, 0.5) is 5.69 Å². The number of nitrogens with one attached hydrogen (secondary N) is 2. The zero-order valence-corrected chi connectivity index (χ0v) is 14.9. The summed E-state index contributed by atoms with van der Waals surface area (Å²) in [6.45, 7) is 3.96. The van der Waals surface area contributed by atoms with E-state index in [9.17, 15) is 4.79 Å². The molecule has 2 aromatic carbocycles. The van der Waals surface area contributed by atoms with E-state index in [-0.39, 0.29) is 5.91 Å². The van der Waals surface area contributed by atoms with Gasteiger partial charge in [0.2, 0.25) is 5.91 Å². The Bertz CT molecular complexity index is 656. The number of rotatable bonds is 10. The van der Waals surface area contributed by atoms with E-state index in [0.29, 0.717) is 31.0 Å². The Hall–Kier alpha value is -2.53. The van der Waals surface area contributed by atoms with Crippen molar-refractivity contribution in [2.75, 3.05) is 32.1 Å². The molecule has 0 radical (unpaired) electrons. The maximum absolute atomic E-state index is 12.1. The highest BCUT2D eigenvalue weighted by molar-refractivity contribution is 5.92. The molecular formula is C20H26N2O3.